The molecular formula is C112H75Br3IN4-. The number of anilines is 9. The number of nitrogens with one attached hydrogen (secondary N) is 1. The van der Waals surface area contributed by atoms with Crippen LogP contribution in [-0.2, 0) is 0 Å². The number of rotatable bonds is 10. The molecular weight excluding hydrogens is 1770 g/mol. The average molecular weight is 1840 g/mol. The van der Waals surface area contributed by atoms with Crippen molar-refractivity contribution in [3.63, 3.8) is 0 Å². The fourth-order valence-corrected chi connectivity index (χ4v) is 18.4. The maximum Gasteiger partial charge on any atom is 0.0473 e. The fourth-order valence-electron chi connectivity index (χ4n) is 17.4. The summed E-state index contributed by atoms with van der Waals surface area (Å²) in [6.45, 7) is 0. The Kier molecular flexibility index (Phi) is 21.5. The van der Waals surface area contributed by atoms with E-state index in [1.807, 2.05) is 48.5 Å². The molecule has 3 N–H and O–H groups in total. The van der Waals surface area contributed by atoms with Crippen LogP contribution >= 0.6 is 47.8 Å². The number of hydrogen-bond donors (Lipinski definition) is 2. The van der Waals surface area contributed by atoms with Crippen molar-refractivity contribution in [1.82, 2.24) is 0 Å². The predicted octanol–water partition coefficient (Wildman–Crippen LogP) is 30.9. The summed E-state index contributed by atoms with van der Waals surface area (Å²) in [5.74, 6) is 0. The number of nitrogens with zero attached hydrogens (tertiary/aromatic N) is 2. The van der Waals surface area contributed by atoms with Gasteiger partial charge in [0.2, 0.25) is 0 Å². The molecule has 0 aliphatic heterocycles. The van der Waals surface area contributed by atoms with Gasteiger partial charge in [-0.3, -0.25) is 0 Å². The molecule has 0 unspecified atom stereocenters. The minimum atomic E-state index is 0. The number of hydrogen-bond acceptors (Lipinski definition) is 4. The third-order valence-corrected chi connectivity index (χ3v) is 24.3. The second-order valence-corrected chi connectivity index (χ2v) is 33.0. The van der Waals surface area contributed by atoms with Crippen molar-refractivity contribution in [2.75, 3.05) is 20.9 Å². The van der Waals surface area contributed by atoms with Gasteiger partial charge in [-0.05, 0) is 297 Å². The predicted molar refractivity (Wildman–Crippen MR) is 525 cm³/mol. The van der Waals surface area contributed by atoms with Crippen LogP contribution in [0.2, 0.25) is 0 Å². The molecule has 24 aromatic rings. The molecule has 0 saturated heterocycles. The Morgan fingerprint density at radius 3 is 0.675 bits per heavy atom. The van der Waals surface area contributed by atoms with Gasteiger partial charge in [0.05, 0.1) is 0 Å². The Morgan fingerprint density at radius 2 is 0.400 bits per heavy atom. The maximum absolute atomic E-state index is 5.36. The van der Waals surface area contributed by atoms with E-state index in [0.717, 1.165) is 64.6 Å². The zero-order valence-corrected chi connectivity index (χ0v) is 72.0. The van der Waals surface area contributed by atoms with Crippen molar-refractivity contribution in [3.8, 4) is 22.3 Å². The van der Waals surface area contributed by atoms with Crippen molar-refractivity contribution < 1.29 is 24.0 Å². The first kappa shape index (κ1) is 76.8. The van der Waals surface area contributed by atoms with Crippen LogP contribution < -0.4 is 44.8 Å². The highest BCUT2D eigenvalue weighted by atomic mass is 127. The Hall–Kier alpha value is -13.2. The molecule has 0 atom stereocenters. The average Bonchev–Trinajstić information content (AvgIpc) is 0.738. The molecule has 0 bridgehead atoms. The van der Waals surface area contributed by atoms with E-state index < -0.39 is 0 Å². The molecule has 0 aliphatic carbocycles. The summed E-state index contributed by atoms with van der Waals surface area (Å²) in [5, 5.41) is 34.9. The van der Waals surface area contributed by atoms with Crippen LogP contribution in [0.3, 0.4) is 0 Å². The molecule has 24 rings (SSSR count). The lowest BCUT2D eigenvalue weighted by molar-refractivity contribution is -0.0000215. The van der Waals surface area contributed by atoms with Crippen molar-refractivity contribution in [3.05, 3.63) is 450 Å². The second-order valence-electron chi connectivity index (χ2n) is 30.3. The van der Waals surface area contributed by atoms with Gasteiger partial charge >= 0.3 is 0 Å². The highest BCUT2D eigenvalue weighted by Gasteiger charge is 2.20. The Labute approximate surface area is 738 Å². The first-order valence-corrected chi connectivity index (χ1v) is 42.4. The number of halogens is 4. The number of nitrogen functional groups attached to an aromatic ring is 1. The molecule has 0 heterocycles. The van der Waals surface area contributed by atoms with Crippen molar-refractivity contribution >= 4 is 228 Å². The van der Waals surface area contributed by atoms with Crippen molar-refractivity contribution in [2.24, 2.45) is 0 Å². The first-order chi connectivity index (χ1) is 58.6. The van der Waals surface area contributed by atoms with Gasteiger partial charge in [-0.1, -0.05) is 339 Å². The van der Waals surface area contributed by atoms with E-state index in [1.165, 1.54) is 152 Å². The van der Waals surface area contributed by atoms with E-state index in [4.69, 9.17) is 5.73 Å². The number of para-hydroxylation sites is 4. The van der Waals surface area contributed by atoms with Crippen LogP contribution in [0.25, 0.3) is 152 Å². The van der Waals surface area contributed by atoms with E-state index in [9.17, 15) is 0 Å². The summed E-state index contributed by atoms with van der Waals surface area (Å²) < 4.78 is 3.36. The monoisotopic (exact) mass is 1840 g/mol. The molecule has 24 aromatic carbocycles. The molecule has 0 fully saturated rings. The largest absolute Gasteiger partial charge is 1.00 e. The minimum absolute atomic E-state index is 0. The fraction of sp³-hybridized carbons (Fsp3) is 0. The lowest BCUT2D eigenvalue weighted by Gasteiger charge is -2.27. The summed E-state index contributed by atoms with van der Waals surface area (Å²) in [4.78, 5) is 4.74. The second kappa shape index (κ2) is 33.7. The molecule has 8 heteroatoms. The molecule has 4 nitrogen and oxygen atoms in total. The summed E-state index contributed by atoms with van der Waals surface area (Å²) in [6, 6.07) is 156. The topological polar surface area (TPSA) is 44.5 Å². The first-order valence-electron chi connectivity index (χ1n) is 40.0. The summed E-state index contributed by atoms with van der Waals surface area (Å²) >= 11 is 10.4. The van der Waals surface area contributed by atoms with Gasteiger partial charge in [0.25, 0.3) is 0 Å². The Bertz CT molecular complexity index is 7180. The van der Waals surface area contributed by atoms with Gasteiger partial charge in [0.1, 0.15) is 0 Å². The molecule has 0 aromatic heterocycles. The summed E-state index contributed by atoms with van der Waals surface area (Å²) in [5.41, 5.74) is 20.0. The van der Waals surface area contributed by atoms with Crippen LogP contribution in [-0.4, -0.2) is 0 Å². The standard InChI is InChI=1S/C56H36N2.C22H15N.C16H9Br.C12H8Br2.C6H7N.HI/c1-3-13-47(14-4-1)57(51-33-43-21-17-39-9-7-10-40-18-22-44(34-51)55(43)53(39)40)49-29-25-37(26-30-49)38-27-31-50(32-28-38)58(48-15-5-2-6-16-48)52-35-45-23-19-41-11-8-12-42-20-24-46(36-52)56(45)54(41)42;1-2-7-19(8-3-1)23-20-13-17-11-9-15-5-4-6-16-10-12-18(14-20)22(17)21(15)16;17-14-8-12-6-4-10-2-1-3-11-5-7-13(9-14)16(12)15(10)11;13-11-5-1-9(2-6-11)10-3-7-12(14)8-4-10;7-6-4-2-1-3-5-6;/h1-36H;1-14,23H;1-9H;1-8H;1-5H,7H2;1H/p-1. The van der Waals surface area contributed by atoms with Gasteiger partial charge in [-0.15, -0.1) is 0 Å². The van der Waals surface area contributed by atoms with Crippen molar-refractivity contribution in [1.29, 1.82) is 0 Å². The lowest BCUT2D eigenvalue weighted by Crippen LogP contribution is -3.00. The zero-order valence-electron chi connectivity index (χ0n) is 65.1. The number of benzene rings is 24. The smallest absolute Gasteiger partial charge is 0.0473 e. The molecule has 0 aliphatic rings. The third-order valence-electron chi connectivity index (χ3n) is 22.8. The van der Waals surface area contributed by atoms with E-state index in [2.05, 4.69) is 451 Å². The Morgan fingerprint density at radius 1 is 0.175 bits per heavy atom. The summed E-state index contributed by atoms with van der Waals surface area (Å²) in [7, 11) is 0. The zero-order chi connectivity index (χ0) is 79.9. The molecule has 572 valence electrons. The normalized spacial score (nSPS) is 11.3. The van der Waals surface area contributed by atoms with E-state index in [0.29, 0.717) is 0 Å². The van der Waals surface area contributed by atoms with Crippen LogP contribution in [0.15, 0.2) is 450 Å². The van der Waals surface area contributed by atoms with Crippen LogP contribution in [0.4, 0.5) is 51.2 Å². The van der Waals surface area contributed by atoms with E-state index in [1.54, 1.807) is 0 Å². The van der Waals surface area contributed by atoms with Gasteiger partial charge in [-0.2, -0.15) is 0 Å². The maximum atomic E-state index is 5.36. The molecule has 0 radical (unpaired) electrons. The van der Waals surface area contributed by atoms with Gasteiger partial charge in [0.15, 0.2) is 0 Å². The molecule has 0 spiro atoms. The van der Waals surface area contributed by atoms with Crippen molar-refractivity contribution in [2.45, 2.75) is 0 Å². The third kappa shape index (κ3) is 15.4. The Balaban J connectivity index is 0.000000123. The van der Waals surface area contributed by atoms with Crippen LogP contribution in [0.5, 0.6) is 0 Å². The van der Waals surface area contributed by atoms with Gasteiger partial charge in [-0.25, -0.2) is 0 Å². The summed E-state index contributed by atoms with van der Waals surface area (Å²) in [6.07, 6.45) is 0. The van der Waals surface area contributed by atoms with E-state index in [-0.39, 0.29) is 24.0 Å². The van der Waals surface area contributed by atoms with Gasteiger partial charge < -0.3 is 44.8 Å². The van der Waals surface area contributed by atoms with Crippen LogP contribution in [0.1, 0.15) is 0 Å². The van der Waals surface area contributed by atoms with Gasteiger partial charge in [0, 0.05) is 64.6 Å². The quantitative estimate of drug-likeness (QED) is 0.0814. The molecule has 0 amide bonds. The minimum Gasteiger partial charge on any atom is -1.00 e. The van der Waals surface area contributed by atoms with E-state index >= 15 is 0 Å². The number of nitrogens with two attached hydrogens (primary N) is 1. The molecule has 120 heavy (non-hydrogen) atoms. The highest BCUT2D eigenvalue weighted by molar-refractivity contribution is 9.11. The highest BCUT2D eigenvalue weighted by Crippen LogP contribution is 2.46. The SMILES string of the molecule is Brc1cc2ccc3cccc4ccc(c1)c2c34.Brc1ccc(-c2ccc(Br)cc2)cc1.Nc1ccccc1.[I-].c1ccc(N(c2ccc(-c3ccc(N(c4ccccc4)c4cc5ccc6cccc7ccc(c4)c5c67)cc3)cc2)c2cc3ccc4cccc5ccc(c2)c3c45)cc1.c1ccc(Nc2cc3ccc4cccc5ccc(c2)c3c45)cc1. The molecule has 0 saturated carbocycles. The van der Waals surface area contributed by atoms with Crippen LogP contribution in [0, 0.1) is 0 Å². The lowest BCUT2D eigenvalue weighted by atomic mass is 9.93.